The number of hydrogen-bond donors (Lipinski definition) is 1. The largest absolute Gasteiger partial charge is 0.476 e. The Bertz CT molecular complexity index is 1280. The lowest BCUT2D eigenvalue weighted by Crippen LogP contribution is -2.49. The fourth-order valence-electron chi connectivity index (χ4n) is 3.73. The summed E-state index contributed by atoms with van der Waals surface area (Å²) in [6.07, 6.45) is -1.00. The molecule has 0 unspecified atom stereocenters. The zero-order valence-electron chi connectivity index (χ0n) is 19.2. The van der Waals surface area contributed by atoms with Crippen molar-refractivity contribution in [2.75, 3.05) is 16.2 Å². The minimum atomic E-state index is -3.91. The third-order valence-electron chi connectivity index (χ3n) is 5.72. The van der Waals surface area contributed by atoms with Crippen molar-refractivity contribution in [1.82, 2.24) is 0 Å². The van der Waals surface area contributed by atoms with Gasteiger partial charge < -0.3 is 10.1 Å². The summed E-state index contributed by atoms with van der Waals surface area (Å²) in [5, 5.41) is 2.87. The molecule has 3 aromatic carbocycles. The maximum Gasteiger partial charge on any atom is 0.267 e. The minimum absolute atomic E-state index is 0.129. The summed E-state index contributed by atoms with van der Waals surface area (Å²) in [6, 6.07) is 21.2. The lowest BCUT2D eigenvalue weighted by Gasteiger charge is -2.36. The van der Waals surface area contributed by atoms with Gasteiger partial charge in [-0.3, -0.25) is 9.10 Å². The Balaban J connectivity index is 1.75. The number of ether oxygens (including phenoxy) is 1. The van der Waals surface area contributed by atoms with Gasteiger partial charge in [-0.25, -0.2) is 8.42 Å². The van der Waals surface area contributed by atoms with Crippen LogP contribution in [-0.4, -0.2) is 27.0 Å². The predicted octanol–water partition coefficient (Wildman–Crippen LogP) is 4.89. The number of nitrogens with zero attached hydrogens (tertiary/aromatic N) is 1. The zero-order chi connectivity index (χ0) is 23.8. The number of benzene rings is 3. The first kappa shape index (κ1) is 22.9. The predicted molar refractivity (Wildman–Crippen MR) is 130 cm³/mol. The van der Waals surface area contributed by atoms with E-state index in [1.54, 1.807) is 42.5 Å². The third-order valence-corrected chi connectivity index (χ3v) is 7.52. The normalized spacial score (nSPS) is 16.0. The van der Waals surface area contributed by atoms with Gasteiger partial charge in [0.15, 0.2) is 6.10 Å². The molecular weight excluding hydrogens is 436 g/mol. The van der Waals surface area contributed by atoms with Gasteiger partial charge in [-0.05, 0) is 53.8 Å². The highest BCUT2D eigenvalue weighted by atomic mass is 32.2. The highest BCUT2D eigenvalue weighted by Crippen LogP contribution is 2.40. The van der Waals surface area contributed by atoms with Crippen molar-refractivity contribution in [2.45, 2.75) is 44.1 Å². The molecule has 0 spiro atoms. The van der Waals surface area contributed by atoms with E-state index in [1.165, 1.54) is 4.31 Å². The molecule has 0 aliphatic carbocycles. The van der Waals surface area contributed by atoms with Crippen LogP contribution in [-0.2, 0) is 20.2 Å². The molecule has 1 amide bonds. The molecular formula is C26H28N2O4S. The number of hydrogen-bond acceptors (Lipinski definition) is 4. The summed E-state index contributed by atoms with van der Waals surface area (Å²) >= 11 is 0. The van der Waals surface area contributed by atoms with Gasteiger partial charge in [-0.15, -0.1) is 0 Å². The van der Waals surface area contributed by atoms with Gasteiger partial charge in [-0.2, -0.15) is 0 Å². The molecule has 0 saturated heterocycles. The average Bonchev–Trinajstić information content (AvgIpc) is 2.79. The summed E-state index contributed by atoms with van der Waals surface area (Å²) in [7, 11) is -3.91. The van der Waals surface area contributed by atoms with E-state index < -0.39 is 22.0 Å². The average molecular weight is 465 g/mol. The number of nitrogens with one attached hydrogen (secondary N) is 1. The van der Waals surface area contributed by atoms with Crippen LogP contribution in [0.25, 0.3) is 0 Å². The van der Waals surface area contributed by atoms with Crippen LogP contribution in [0.3, 0.4) is 0 Å². The molecule has 1 atom stereocenters. The Labute approximate surface area is 195 Å². The van der Waals surface area contributed by atoms with Crippen molar-refractivity contribution in [3.8, 4) is 5.75 Å². The van der Waals surface area contributed by atoms with E-state index in [4.69, 9.17) is 4.74 Å². The number of aryl methyl sites for hydroxylation is 1. The van der Waals surface area contributed by atoms with E-state index in [-0.39, 0.29) is 16.9 Å². The Kier molecular flexibility index (Phi) is 5.93. The van der Waals surface area contributed by atoms with Crippen LogP contribution >= 0.6 is 0 Å². The van der Waals surface area contributed by atoms with Crippen LogP contribution in [0.5, 0.6) is 5.75 Å². The molecule has 1 aliphatic rings. The number of carbonyl (C=O) groups excluding carboxylic acids is 1. The molecule has 0 radical (unpaired) electrons. The molecule has 3 aromatic rings. The number of para-hydroxylation sites is 1. The Morgan fingerprint density at radius 3 is 2.33 bits per heavy atom. The fourth-order valence-corrected chi connectivity index (χ4v) is 5.22. The first-order valence-corrected chi connectivity index (χ1v) is 12.3. The van der Waals surface area contributed by atoms with Gasteiger partial charge in [0.25, 0.3) is 15.9 Å². The molecule has 1 N–H and O–H groups in total. The number of rotatable bonds is 4. The van der Waals surface area contributed by atoms with E-state index in [0.29, 0.717) is 17.1 Å². The number of fused-ring (bicyclic) bond motifs is 1. The van der Waals surface area contributed by atoms with E-state index in [0.717, 1.165) is 11.1 Å². The smallest absolute Gasteiger partial charge is 0.267 e. The van der Waals surface area contributed by atoms with Crippen molar-refractivity contribution < 1.29 is 17.9 Å². The van der Waals surface area contributed by atoms with E-state index >= 15 is 0 Å². The van der Waals surface area contributed by atoms with Crippen molar-refractivity contribution in [3.63, 3.8) is 0 Å². The van der Waals surface area contributed by atoms with Gasteiger partial charge in [0, 0.05) is 5.69 Å². The van der Waals surface area contributed by atoms with Gasteiger partial charge in [0.1, 0.15) is 5.75 Å². The summed E-state index contributed by atoms with van der Waals surface area (Å²) in [6.45, 7) is 7.95. The number of carbonyl (C=O) groups is 1. The molecule has 7 heteroatoms. The molecule has 1 heterocycles. The summed E-state index contributed by atoms with van der Waals surface area (Å²) in [5.74, 6) is -0.0400. The second-order valence-corrected chi connectivity index (χ2v) is 11.1. The lowest BCUT2D eigenvalue weighted by molar-refractivity contribution is -0.122. The Morgan fingerprint density at radius 2 is 1.67 bits per heavy atom. The molecule has 4 rings (SSSR count). The van der Waals surface area contributed by atoms with Crippen LogP contribution in [0.1, 0.15) is 31.9 Å². The van der Waals surface area contributed by atoms with Crippen LogP contribution < -0.4 is 14.4 Å². The Morgan fingerprint density at radius 1 is 1.00 bits per heavy atom. The number of anilines is 2. The molecule has 0 bridgehead atoms. The SMILES string of the molecule is Cc1ccccc1NC(=O)[C@@H]1CN(S(=O)(=O)c2ccccc2)c2cc(C(C)(C)C)ccc2O1. The topological polar surface area (TPSA) is 75.7 Å². The van der Waals surface area contributed by atoms with Crippen LogP contribution in [0.4, 0.5) is 11.4 Å². The second-order valence-electron chi connectivity index (χ2n) is 9.19. The molecule has 0 aromatic heterocycles. The Hall–Kier alpha value is -3.32. The molecule has 0 saturated carbocycles. The third kappa shape index (κ3) is 4.59. The van der Waals surface area contributed by atoms with Crippen LogP contribution in [0, 0.1) is 6.92 Å². The maximum atomic E-state index is 13.6. The highest BCUT2D eigenvalue weighted by Gasteiger charge is 2.38. The monoisotopic (exact) mass is 464 g/mol. The van der Waals surface area contributed by atoms with Crippen LogP contribution in [0.2, 0.25) is 0 Å². The molecule has 6 nitrogen and oxygen atoms in total. The van der Waals surface area contributed by atoms with Crippen molar-refractivity contribution >= 4 is 27.3 Å². The second kappa shape index (κ2) is 8.56. The van der Waals surface area contributed by atoms with E-state index in [2.05, 4.69) is 26.1 Å². The highest BCUT2D eigenvalue weighted by molar-refractivity contribution is 7.92. The van der Waals surface area contributed by atoms with Gasteiger partial charge in [0.05, 0.1) is 17.1 Å². The summed E-state index contributed by atoms with van der Waals surface area (Å²) in [4.78, 5) is 13.3. The first-order valence-electron chi connectivity index (χ1n) is 10.8. The van der Waals surface area contributed by atoms with Crippen LogP contribution in [0.15, 0.2) is 77.7 Å². The summed E-state index contributed by atoms with van der Waals surface area (Å²) in [5.41, 5.74) is 2.80. The molecule has 33 heavy (non-hydrogen) atoms. The van der Waals surface area contributed by atoms with Crippen molar-refractivity contribution in [3.05, 3.63) is 83.9 Å². The molecule has 172 valence electrons. The zero-order valence-corrected chi connectivity index (χ0v) is 20.0. The number of sulfonamides is 1. The van der Waals surface area contributed by atoms with E-state index in [9.17, 15) is 13.2 Å². The molecule has 0 fully saturated rings. The summed E-state index contributed by atoms with van der Waals surface area (Å²) < 4.78 is 34.6. The quantitative estimate of drug-likeness (QED) is 0.597. The maximum absolute atomic E-state index is 13.6. The lowest BCUT2D eigenvalue weighted by atomic mass is 9.86. The van der Waals surface area contributed by atoms with Crippen molar-refractivity contribution in [2.24, 2.45) is 0 Å². The fraction of sp³-hybridized carbons (Fsp3) is 0.269. The van der Waals surface area contributed by atoms with Crippen molar-refractivity contribution in [1.29, 1.82) is 0 Å². The van der Waals surface area contributed by atoms with E-state index in [1.807, 2.05) is 37.3 Å². The first-order chi connectivity index (χ1) is 15.6. The standard InChI is InChI=1S/C26H28N2O4S/c1-18-10-8-9-13-21(18)27-25(29)24-17-28(33(30,31)20-11-6-5-7-12-20)22-16-19(26(2,3)4)14-15-23(22)32-24/h5-16,24H,17H2,1-4H3,(H,27,29)/t24-/m0/s1. The minimum Gasteiger partial charge on any atom is -0.476 e. The molecule has 1 aliphatic heterocycles. The van der Waals surface area contributed by atoms with Gasteiger partial charge in [0.2, 0.25) is 0 Å². The van der Waals surface area contributed by atoms with Gasteiger partial charge in [-0.1, -0.05) is 63.2 Å². The number of amides is 1. The van der Waals surface area contributed by atoms with Gasteiger partial charge >= 0.3 is 0 Å².